The molecule has 16 heavy (non-hydrogen) atoms. The van der Waals surface area contributed by atoms with Crippen LogP contribution in [0.3, 0.4) is 0 Å². The standard InChI is InChI=1S/C11H23N.2C2H6/c1-4-10-7-5-6-9(2)11(10)8-12-3;2*1-2/h9-12H,4-8H2,1-3H3;2*1-2H3. The number of rotatable bonds is 3. The average molecular weight is 229 g/mol. The highest BCUT2D eigenvalue weighted by molar-refractivity contribution is 4.80. The van der Waals surface area contributed by atoms with Crippen molar-refractivity contribution >= 4 is 0 Å². The van der Waals surface area contributed by atoms with Gasteiger partial charge in [0.2, 0.25) is 0 Å². The normalized spacial score (nSPS) is 28.3. The third kappa shape index (κ3) is 6.52. The topological polar surface area (TPSA) is 12.0 Å². The second-order valence-corrected chi connectivity index (χ2v) is 4.30. The van der Waals surface area contributed by atoms with Crippen molar-refractivity contribution in [1.29, 1.82) is 0 Å². The molecule has 0 aliphatic heterocycles. The fourth-order valence-electron chi connectivity index (χ4n) is 2.71. The lowest BCUT2D eigenvalue weighted by atomic mass is 9.72. The van der Waals surface area contributed by atoms with Gasteiger partial charge in [0.15, 0.2) is 0 Å². The molecule has 0 bridgehead atoms. The van der Waals surface area contributed by atoms with Crippen LogP contribution in [0.1, 0.15) is 67.2 Å². The van der Waals surface area contributed by atoms with Crippen LogP contribution in [0.15, 0.2) is 0 Å². The molecule has 1 heteroatoms. The molecule has 0 heterocycles. The quantitative estimate of drug-likeness (QED) is 0.738. The number of hydrogen-bond donors (Lipinski definition) is 1. The largest absolute Gasteiger partial charge is 0.319 e. The van der Waals surface area contributed by atoms with Crippen LogP contribution in [0.5, 0.6) is 0 Å². The second kappa shape index (κ2) is 13.0. The molecular formula is C15H35N. The first-order valence-electron chi connectivity index (χ1n) is 7.44. The molecule has 0 radical (unpaired) electrons. The van der Waals surface area contributed by atoms with Crippen molar-refractivity contribution in [2.45, 2.75) is 67.2 Å². The summed E-state index contributed by atoms with van der Waals surface area (Å²) in [6, 6.07) is 0. The van der Waals surface area contributed by atoms with Crippen LogP contribution >= 0.6 is 0 Å². The Hall–Kier alpha value is -0.0400. The van der Waals surface area contributed by atoms with Crippen molar-refractivity contribution in [1.82, 2.24) is 5.32 Å². The predicted molar refractivity (Wildman–Crippen MR) is 76.9 cm³/mol. The summed E-state index contributed by atoms with van der Waals surface area (Å²) in [6.07, 6.45) is 5.74. The summed E-state index contributed by atoms with van der Waals surface area (Å²) in [5.74, 6) is 2.87. The molecule has 1 fully saturated rings. The van der Waals surface area contributed by atoms with Gasteiger partial charge in [-0.15, -0.1) is 0 Å². The third-order valence-corrected chi connectivity index (χ3v) is 3.53. The van der Waals surface area contributed by atoms with E-state index in [2.05, 4.69) is 26.2 Å². The zero-order valence-corrected chi connectivity index (χ0v) is 12.8. The summed E-state index contributed by atoms with van der Waals surface area (Å²) in [5.41, 5.74) is 0. The fourth-order valence-corrected chi connectivity index (χ4v) is 2.71. The molecule has 1 aliphatic carbocycles. The lowest BCUT2D eigenvalue weighted by molar-refractivity contribution is 0.159. The van der Waals surface area contributed by atoms with E-state index in [4.69, 9.17) is 0 Å². The summed E-state index contributed by atoms with van der Waals surface area (Å²) in [5, 5.41) is 3.33. The SMILES string of the molecule is CC.CC.CCC1CCCC(C)C1CNC. The Morgan fingerprint density at radius 2 is 1.62 bits per heavy atom. The van der Waals surface area contributed by atoms with Crippen LogP contribution in [-0.4, -0.2) is 13.6 Å². The minimum absolute atomic E-state index is 0.939. The second-order valence-electron chi connectivity index (χ2n) is 4.30. The van der Waals surface area contributed by atoms with Crippen LogP contribution in [0, 0.1) is 17.8 Å². The van der Waals surface area contributed by atoms with Crippen LogP contribution in [-0.2, 0) is 0 Å². The van der Waals surface area contributed by atoms with Crippen molar-refractivity contribution < 1.29 is 0 Å². The van der Waals surface area contributed by atoms with Gasteiger partial charge in [-0.2, -0.15) is 0 Å². The highest BCUT2D eigenvalue weighted by Gasteiger charge is 2.28. The minimum Gasteiger partial charge on any atom is -0.319 e. The summed E-state index contributed by atoms with van der Waals surface area (Å²) in [6.45, 7) is 14.0. The zero-order chi connectivity index (χ0) is 13.0. The van der Waals surface area contributed by atoms with E-state index in [0.29, 0.717) is 0 Å². The maximum atomic E-state index is 3.33. The Labute approximate surface area is 104 Å². The Bertz CT molecular complexity index is 123. The van der Waals surface area contributed by atoms with Gasteiger partial charge >= 0.3 is 0 Å². The van der Waals surface area contributed by atoms with Crippen LogP contribution < -0.4 is 5.32 Å². The molecule has 0 amide bonds. The van der Waals surface area contributed by atoms with Gasteiger partial charge in [-0.25, -0.2) is 0 Å². The molecule has 0 aromatic heterocycles. The van der Waals surface area contributed by atoms with E-state index in [0.717, 1.165) is 17.8 Å². The van der Waals surface area contributed by atoms with E-state index in [-0.39, 0.29) is 0 Å². The summed E-state index contributed by atoms with van der Waals surface area (Å²) < 4.78 is 0. The molecule has 1 aliphatic rings. The lowest BCUT2D eigenvalue weighted by Crippen LogP contribution is -2.33. The van der Waals surface area contributed by atoms with Gasteiger partial charge in [-0.3, -0.25) is 0 Å². The van der Waals surface area contributed by atoms with Crippen molar-refractivity contribution in [2.24, 2.45) is 17.8 Å². The van der Waals surface area contributed by atoms with Gasteiger partial charge in [0.1, 0.15) is 0 Å². The molecule has 0 aromatic carbocycles. The van der Waals surface area contributed by atoms with E-state index in [1.54, 1.807) is 0 Å². The first-order chi connectivity index (χ1) is 7.79. The van der Waals surface area contributed by atoms with Gasteiger partial charge in [0.25, 0.3) is 0 Å². The minimum atomic E-state index is 0.939. The van der Waals surface area contributed by atoms with Gasteiger partial charge in [0, 0.05) is 0 Å². The highest BCUT2D eigenvalue weighted by Crippen LogP contribution is 2.35. The van der Waals surface area contributed by atoms with E-state index in [1.807, 2.05) is 27.7 Å². The van der Waals surface area contributed by atoms with Crippen LogP contribution in [0.25, 0.3) is 0 Å². The summed E-state index contributed by atoms with van der Waals surface area (Å²) >= 11 is 0. The van der Waals surface area contributed by atoms with Gasteiger partial charge < -0.3 is 5.32 Å². The van der Waals surface area contributed by atoms with E-state index in [9.17, 15) is 0 Å². The molecule has 1 N–H and O–H groups in total. The monoisotopic (exact) mass is 229 g/mol. The molecule has 1 saturated carbocycles. The maximum Gasteiger partial charge on any atom is -0.00183 e. The molecule has 3 unspecified atom stereocenters. The third-order valence-electron chi connectivity index (χ3n) is 3.53. The van der Waals surface area contributed by atoms with Crippen molar-refractivity contribution in [3.05, 3.63) is 0 Å². The smallest absolute Gasteiger partial charge is 0.00183 e. The first kappa shape index (κ1) is 18.3. The van der Waals surface area contributed by atoms with Crippen LogP contribution in [0.2, 0.25) is 0 Å². The fraction of sp³-hybridized carbons (Fsp3) is 1.00. The Morgan fingerprint density at radius 1 is 1.06 bits per heavy atom. The van der Waals surface area contributed by atoms with Gasteiger partial charge in [-0.05, 0) is 31.3 Å². The zero-order valence-electron chi connectivity index (χ0n) is 12.8. The highest BCUT2D eigenvalue weighted by atomic mass is 14.8. The summed E-state index contributed by atoms with van der Waals surface area (Å²) in [4.78, 5) is 0. The average Bonchev–Trinajstić information content (AvgIpc) is 2.37. The van der Waals surface area contributed by atoms with Crippen molar-refractivity contribution in [3.8, 4) is 0 Å². The van der Waals surface area contributed by atoms with E-state index in [1.165, 1.54) is 32.2 Å². The summed E-state index contributed by atoms with van der Waals surface area (Å²) in [7, 11) is 2.08. The molecule has 3 atom stereocenters. The van der Waals surface area contributed by atoms with E-state index < -0.39 is 0 Å². The van der Waals surface area contributed by atoms with Crippen molar-refractivity contribution in [2.75, 3.05) is 13.6 Å². The van der Waals surface area contributed by atoms with E-state index >= 15 is 0 Å². The molecule has 100 valence electrons. The Morgan fingerprint density at radius 3 is 2.06 bits per heavy atom. The maximum absolute atomic E-state index is 3.33. The Balaban J connectivity index is 0. The molecule has 1 rings (SSSR count). The molecule has 1 nitrogen and oxygen atoms in total. The van der Waals surface area contributed by atoms with Gasteiger partial charge in [0.05, 0.1) is 0 Å². The molecule has 0 spiro atoms. The molecule has 0 saturated heterocycles. The number of hydrogen-bond acceptors (Lipinski definition) is 1. The number of nitrogens with one attached hydrogen (secondary N) is 1. The predicted octanol–water partition coefficient (Wildman–Crippen LogP) is 4.72. The van der Waals surface area contributed by atoms with Gasteiger partial charge in [-0.1, -0.05) is 67.2 Å². The lowest BCUT2D eigenvalue weighted by Gasteiger charge is -2.36. The van der Waals surface area contributed by atoms with Crippen molar-refractivity contribution in [3.63, 3.8) is 0 Å². The first-order valence-corrected chi connectivity index (χ1v) is 7.44. The van der Waals surface area contributed by atoms with Crippen LogP contribution in [0.4, 0.5) is 0 Å². The molecular weight excluding hydrogens is 194 g/mol. The Kier molecular flexibility index (Phi) is 14.9. The molecule has 0 aromatic rings.